The Bertz CT molecular complexity index is 1640. The molecule has 3 aromatic rings. The maximum atomic E-state index is 13.9. The van der Waals surface area contributed by atoms with Gasteiger partial charge in [-0.3, -0.25) is 14.8 Å². The average Bonchev–Trinajstić information content (AvgIpc) is 3.45. The lowest BCUT2D eigenvalue weighted by Gasteiger charge is -2.44. The van der Waals surface area contributed by atoms with Crippen LogP contribution in [-0.2, 0) is 14.8 Å². The highest BCUT2D eigenvalue weighted by molar-refractivity contribution is 7.89. The van der Waals surface area contributed by atoms with Crippen LogP contribution in [-0.4, -0.2) is 58.8 Å². The fourth-order valence-electron chi connectivity index (χ4n) is 5.72. The van der Waals surface area contributed by atoms with Gasteiger partial charge in [-0.25, -0.2) is 13.2 Å². The Labute approximate surface area is 256 Å². The van der Waals surface area contributed by atoms with Crippen molar-refractivity contribution in [2.24, 2.45) is 5.92 Å². The minimum atomic E-state index is -4.04. The van der Waals surface area contributed by atoms with Crippen molar-refractivity contribution < 1.29 is 23.1 Å². The number of piperazine rings is 1. The quantitative estimate of drug-likeness (QED) is 0.291. The molecule has 1 N–H and O–H groups in total. The molecule has 5 rings (SSSR count). The van der Waals surface area contributed by atoms with Gasteiger partial charge in [0.2, 0.25) is 15.9 Å². The molecule has 11 heteroatoms. The number of rotatable bonds is 9. The fraction of sp³-hybridized carbons (Fsp3) is 0.312. The second kappa shape index (κ2) is 13.6. The van der Waals surface area contributed by atoms with E-state index >= 15 is 0 Å². The van der Waals surface area contributed by atoms with Gasteiger partial charge in [0.15, 0.2) is 0 Å². The summed E-state index contributed by atoms with van der Waals surface area (Å²) >= 11 is 1.10. The number of anilines is 1. The molecule has 1 atom stereocenters. The van der Waals surface area contributed by atoms with Crippen molar-refractivity contribution in [3.8, 4) is 11.3 Å². The SMILES string of the molecule is C\C=C/C=C/C=C/c1cc(N2C(=O)CN(S(=O)(=O)c3ccc(-c4ccncc4)nc3)C[C@H]2C2CCCCC2)c(C(=O)O)s1. The van der Waals surface area contributed by atoms with Crippen LogP contribution < -0.4 is 4.90 Å². The number of carbonyl (C=O) groups is 2. The van der Waals surface area contributed by atoms with E-state index in [9.17, 15) is 23.1 Å². The van der Waals surface area contributed by atoms with Crippen molar-refractivity contribution in [1.29, 1.82) is 0 Å². The van der Waals surface area contributed by atoms with Crippen molar-refractivity contribution >= 4 is 45.0 Å². The highest BCUT2D eigenvalue weighted by Gasteiger charge is 2.44. The van der Waals surface area contributed by atoms with Crippen LogP contribution >= 0.6 is 11.3 Å². The highest BCUT2D eigenvalue weighted by atomic mass is 32.2. The fourth-order valence-corrected chi connectivity index (χ4v) is 7.98. The lowest BCUT2D eigenvalue weighted by Crippen LogP contribution is -2.60. The third kappa shape index (κ3) is 6.84. The highest BCUT2D eigenvalue weighted by Crippen LogP contribution is 2.39. The Balaban J connectivity index is 1.46. The first kappa shape index (κ1) is 30.5. The van der Waals surface area contributed by atoms with E-state index in [1.807, 2.05) is 43.4 Å². The molecule has 1 saturated heterocycles. The minimum absolute atomic E-state index is 0.00843. The maximum Gasteiger partial charge on any atom is 0.348 e. The summed E-state index contributed by atoms with van der Waals surface area (Å²) in [6.45, 7) is 1.61. The number of allylic oxidation sites excluding steroid dienone is 5. The lowest BCUT2D eigenvalue weighted by atomic mass is 9.82. The predicted molar refractivity (Wildman–Crippen MR) is 168 cm³/mol. The third-order valence-electron chi connectivity index (χ3n) is 7.82. The van der Waals surface area contributed by atoms with E-state index in [1.54, 1.807) is 41.6 Å². The van der Waals surface area contributed by atoms with Crippen molar-refractivity contribution in [2.75, 3.05) is 18.0 Å². The van der Waals surface area contributed by atoms with E-state index in [0.29, 0.717) is 16.3 Å². The minimum Gasteiger partial charge on any atom is -0.477 e. The molecule has 9 nitrogen and oxygen atoms in total. The first-order valence-corrected chi connectivity index (χ1v) is 16.6. The number of hydrogen-bond acceptors (Lipinski definition) is 7. The average molecular weight is 619 g/mol. The van der Waals surface area contributed by atoms with Crippen LogP contribution in [0.3, 0.4) is 0 Å². The molecular weight excluding hydrogens is 585 g/mol. The third-order valence-corrected chi connectivity index (χ3v) is 10.7. The second-order valence-corrected chi connectivity index (χ2v) is 13.6. The van der Waals surface area contributed by atoms with Gasteiger partial charge < -0.3 is 10.0 Å². The molecule has 3 aromatic heterocycles. The van der Waals surface area contributed by atoms with Crippen molar-refractivity contribution in [3.05, 3.63) is 89.1 Å². The van der Waals surface area contributed by atoms with E-state index in [-0.39, 0.29) is 28.8 Å². The van der Waals surface area contributed by atoms with Crippen molar-refractivity contribution in [3.63, 3.8) is 0 Å². The van der Waals surface area contributed by atoms with Gasteiger partial charge >= 0.3 is 5.97 Å². The van der Waals surface area contributed by atoms with Crippen molar-refractivity contribution in [1.82, 2.24) is 14.3 Å². The van der Waals surface area contributed by atoms with Gasteiger partial charge in [0.1, 0.15) is 9.77 Å². The Morgan fingerprint density at radius 2 is 1.79 bits per heavy atom. The molecule has 4 heterocycles. The van der Waals surface area contributed by atoms with Crippen LogP contribution in [0.1, 0.15) is 53.6 Å². The van der Waals surface area contributed by atoms with Gasteiger partial charge in [0.25, 0.3) is 0 Å². The first-order chi connectivity index (χ1) is 20.8. The summed E-state index contributed by atoms with van der Waals surface area (Å²) in [7, 11) is -4.04. The molecule has 224 valence electrons. The van der Waals surface area contributed by atoms with E-state index in [0.717, 1.165) is 49.0 Å². The maximum absolute atomic E-state index is 13.9. The summed E-state index contributed by atoms with van der Waals surface area (Å²) in [5.74, 6) is -1.50. The molecule has 0 aromatic carbocycles. The Morgan fingerprint density at radius 1 is 1.05 bits per heavy atom. The normalized spacial score (nSPS) is 19.2. The number of pyridine rings is 2. The number of carboxylic acid groups (broad SMARTS) is 1. The Morgan fingerprint density at radius 3 is 2.47 bits per heavy atom. The second-order valence-electron chi connectivity index (χ2n) is 10.6. The number of carboxylic acids is 1. The van der Waals surface area contributed by atoms with Crippen LogP contribution in [0.25, 0.3) is 17.3 Å². The number of aromatic carboxylic acids is 1. The molecular formula is C32H34N4O5S2. The van der Waals surface area contributed by atoms with Gasteiger partial charge in [-0.15, -0.1) is 11.3 Å². The molecule has 1 aliphatic carbocycles. The summed E-state index contributed by atoms with van der Waals surface area (Å²) in [4.78, 5) is 36.9. The molecule has 2 fully saturated rings. The zero-order chi connectivity index (χ0) is 30.4. The van der Waals surface area contributed by atoms with Gasteiger partial charge in [0, 0.05) is 35.6 Å². The number of thiophene rings is 1. The molecule has 1 saturated carbocycles. The standard InChI is InChI=1S/C32H34N4O5S2/c1-2-3-4-5-9-12-25-19-28(31(42-25)32(38)39)36-29(24-10-7-6-8-11-24)21-35(22-30(36)37)43(40,41)26-13-14-27(34-20-26)23-15-17-33-18-16-23/h2-5,9,12-20,24,29H,6-8,10-11,21-22H2,1H3,(H,38,39)/b3-2-,5-4+,12-9+/t29-/m0/s1. The number of aromatic nitrogens is 2. The van der Waals surface area contributed by atoms with E-state index in [2.05, 4.69) is 9.97 Å². The van der Waals surface area contributed by atoms with Gasteiger partial charge in [-0.05, 0) is 62.1 Å². The van der Waals surface area contributed by atoms with Gasteiger partial charge in [-0.2, -0.15) is 4.31 Å². The Hall–Kier alpha value is -3.93. The largest absolute Gasteiger partial charge is 0.477 e. The first-order valence-electron chi connectivity index (χ1n) is 14.3. The lowest BCUT2D eigenvalue weighted by molar-refractivity contribution is -0.121. The summed E-state index contributed by atoms with van der Waals surface area (Å²) in [5.41, 5.74) is 1.76. The number of hydrogen-bond donors (Lipinski definition) is 1. The predicted octanol–water partition coefficient (Wildman–Crippen LogP) is 6.04. The smallest absolute Gasteiger partial charge is 0.348 e. The molecule has 0 radical (unpaired) electrons. The number of sulfonamides is 1. The molecule has 0 unspecified atom stereocenters. The van der Waals surface area contributed by atoms with Crippen LogP contribution in [0.2, 0.25) is 0 Å². The van der Waals surface area contributed by atoms with Gasteiger partial charge in [0.05, 0.1) is 24.0 Å². The summed E-state index contributed by atoms with van der Waals surface area (Å²) < 4.78 is 28.9. The number of nitrogens with zero attached hydrogens (tertiary/aromatic N) is 4. The molecule has 43 heavy (non-hydrogen) atoms. The Kier molecular flexibility index (Phi) is 9.64. The molecule has 1 aliphatic heterocycles. The summed E-state index contributed by atoms with van der Waals surface area (Å²) in [5, 5.41) is 10.1. The zero-order valence-corrected chi connectivity index (χ0v) is 25.5. The van der Waals surface area contributed by atoms with E-state index < -0.39 is 27.9 Å². The molecule has 0 bridgehead atoms. The van der Waals surface area contributed by atoms with Crippen LogP contribution in [0.5, 0.6) is 0 Å². The molecule has 0 spiro atoms. The zero-order valence-electron chi connectivity index (χ0n) is 23.9. The number of amides is 1. The van der Waals surface area contributed by atoms with E-state index in [4.69, 9.17) is 0 Å². The summed E-state index contributed by atoms with van der Waals surface area (Å²) in [6.07, 6.45) is 20.5. The molecule has 1 amide bonds. The monoisotopic (exact) mass is 618 g/mol. The number of carbonyl (C=O) groups excluding carboxylic acids is 1. The van der Waals surface area contributed by atoms with Crippen LogP contribution in [0.15, 0.2) is 84.2 Å². The van der Waals surface area contributed by atoms with Crippen molar-refractivity contribution in [2.45, 2.75) is 50.0 Å². The molecule has 2 aliphatic rings. The topological polar surface area (TPSA) is 121 Å². The van der Waals surface area contributed by atoms with E-state index in [1.165, 1.54) is 16.6 Å². The van der Waals surface area contributed by atoms with Gasteiger partial charge in [-0.1, -0.05) is 49.6 Å². The summed E-state index contributed by atoms with van der Waals surface area (Å²) in [6, 6.07) is 7.98. The van der Waals surface area contributed by atoms with Crippen LogP contribution in [0.4, 0.5) is 5.69 Å². The van der Waals surface area contributed by atoms with Crippen LogP contribution in [0, 0.1) is 5.92 Å².